The summed E-state index contributed by atoms with van der Waals surface area (Å²) in [6, 6.07) is 4.87. The van der Waals surface area contributed by atoms with Crippen molar-refractivity contribution in [3.8, 4) is 0 Å². The van der Waals surface area contributed by atoms with E-state index in [1.54, 1.807) is 12.1 Å². The van der Waals surface area contributed by atoms with E-state index in [9.17, 15) is 10.1 Å². The second-order valence-corrected chi connectivity index (χ2v) is 5.79. The molecule has 0 spiro atoms. The molecule has 0 aliphatic carbocycles. The maximum atomic E-state index is 10.8. The molecule has 0 aliphatic rings. The van der Waals surface area contributed by atoms with Crippen molar-refractivity contribution in [2.24, 2.45) is 11.1 Å². The summed E-state index contributed by atoms with van der Waals surface area (Å²) in [5.41, 5.74) is 12.6. The molecule has 0 saturated heterocycles. The Morgan fingerprint density at radius 1 is 1.40 bits per heavy atom. The Kier molecular flexibility index (Phi) is 5.33. The lowest BCUT2D eigenvalue weighted by atomic mass is 9.92. The van der Waals surface area contributed by atoms with E-state index in [-0.39, 0.29) is 16.8 Å². The average molecular weight is 280 g/mol. The van der Waals surface area contributed by atoms with E-state index in [1.165, 1.54) is 6.07 Å². The third kappa shape index (κ3) is 4.09. The van der Waals surface area contributed by atoms with Crippen LogP contribution in [0.1, 0.15) is 27.2 Å². The SMILES string of the molecule is CCCN(CC(C)(C)CN)c1ccc([N+](=O)[O-])c(N)c1. The van der Waals surface area contributed by atoms with E-state index >= 15 is 0 Å². The van der Waals surface area contributed by atoms with Crippen molar-refractivity contribution in [1.29, 1.82) is 0 Å². The van der Waals surface area contributed by atoms with Gasteiger partial charge in [-0.3, -0.25) is 10.1 Å². The Bertz CT molecular complexity index is 474. The second kappa shape index (κ2) is 6.56. The third-order valence-electron chi connectivity index (χ3n) is 3.24. The van der Waals surface area contributed by atoms with Gasteiger partial charge in [0.25, 0.3) is 5.69 Å². The molecule has 0 atom stereocenters. The molecule has 4 N–H and O–H groups in total. The van der Waals surface area contributed by atoms with E-state index in [1.807, 2.05) is 0 Å². The summed E-state index contributed by atoms with van der Waals surface area (Å²) in [4.78, 5) is 12.5. The van der Waals surface area contributed by atoms with Crippen molar-refractivity contribution in [3.63, 3.8) is 0 Å². The fourth-order valence-corrected chi connectivity index (χ4v) is 2.06. The quantitative estimate of drug-likeness (QED) is 0.454. The first-order valence-electron chi connectivity index (χ1n) is 6.79. The maximum absolute atomic E-state index is 10.8. The van der Waals surface area contributed by atoms with Crippen LogP contribution in [0.5, 0.6) is 0 Å². The van der Waals surface area contributed by atoms with Gasteiger partial charge in [-0.1, -0.05) is 20.8 Å². The number of hydrogen-bond acceptors (Lipinski definition) is 5. The van der Waals surface area contributed by atoms with Crippen LogP contribution in [0.4, 0.5) is 17.1 Å². The number of nitro benzene ring substituents is 1. The van der Waals surface area contributed by atoms with Gasteiger partial charge in [0.2, 0.25) is 0 Å². The van der Waals surface area contributed by atoms with Crippen LogP contribution in [0.25, 0.3) is 0 Å². The molecular formula is C14H24N4O2. The van der Waals surface area contributed by atoms with Crippen molar-refractivity contribution in [2.75, 3.05) is 30.3 Å². The van der Waals surface area contributed by atoms with E-state index in [0.29, 0.717) is 6.54 Å². The molecular weight excluding hydrogens is 256 g/mol. The van der Waals surface area contributed by atoms with Crippen LogP contribution in [-0.2, 0) is 0 Å². The van der Waals surface area contributed by atoms with Gasteiger partial charge in [0.05, 0.1) is 4.92 Å². The molecule has 1 rings (SSSR count). The van der Waals surface area contributed by atoms with E-state index in [2.05, 4.69) is 25.7 Å². The summed E-state index contributed by atoms with van der Waals surface area (Å²) in [6.45, 7) is 8.52. The molecule has 1 aromatic carbocycles. The molecule has 0 amide bonds. The van der Waals surface area contributed by atoms with Crippen LogP contribution in [0, 0.1) is 15.5 Å². The fraction of sp³-hybridized carbons (Fsp3) is 0.571. The first-order chi connectivity index (χ1) is 9.30. The van der Waals surface area contributed by atoms with Crippen molar-refractivity contribution in [3.05, 3.63) is 28.3 Å². The number of nitro groups is 1. The Morgan fingerprint density at radius 2 is 2.05 bits per heavy atom. The predicted octanol–water partition coefficient (Wildman–Crippen LogP) is 2.38. The van der Waals surface area contributed by atoms with Crippen LogP contribution >= 0.6 is 0 Å². The van der Waals surface area contributed by atoms with Crippen molar-refractivity contribution < 1.29 is 4.92 Å². The van der Waals surface area contributed by atoms with Gasteiger partial charge in [0.1, 0.15) is 5.69 Å². The minimum atomic E-state index is -0.465. The zero-order valence-electron chi connectivity index (χ0n) is 12.4. The van der Waals surface area contributed by atoms with Crippen LogP contribution < -0.4 is 16.4 Å². The summed E-state index contributed by atoms with van der Waals surface area (Å²) in [5, 5.41) is 10.8. The predicted molar refractivity (Wildman–Crippen MR) is 82.8 cm³/mol. The van der Waals surface area contributed by atoms with Crippen LogP contribution in [-0.4, -0.2) is 24.6 Å². The lowest BCUT2D eigenvalue weighted by Gasteiger charge is -2.33. The lowest BCUT2D eigenvalue weighted by Crippen LogP contribution is -2.39. The Hall–Kier alpha value is -1.82. The summed E-state index contributed by atoms with van der Waals surface area (Å²) in [7, 11) is 0. The van der Waals surface area contributed by atoms with Crippen molar-refractivity contribution in [1.82, 2.24) is 0 Å². The number of nitrogen functional groups attached to an aromatic ring is 1. The average Bonchev–Trinajstić information content (AvgIpc) is 2.37. The highest BCUT2D eigenvalue weighted by Gasteiger charge is 2.21. The molecule has 112 valence electrons. The maximum Gasteiger partial charge on any atom is 0.292 e. The third-order valence-corrected chi connectivity index (χ3v) is 3.24. The minimum Gasteiger partial charge on any atom is -0.393 e. The number of nitrogens with two attached hydrogens (primary N) is 2. The van der Waals surface area contributed by atoms with Crippen molar-refractivity contribution >= 4 is 17.1 Å². The zero-order chi connectivity index (χ0) is 15.3. The molecule has 0 heterocycles. The standard InChI is InChI=1S/C14H24N4O2/c1-4-7-17(10-14(2,3)9-15)11-5-6-13(18(19)20)12(16)8-11/h5-6,8H,4,7,9-10,15-16H2,1-3H3. The summed E-state index contributed by atoms with van der Waals surface area (Å²) in [5.74, 6) is 0. The second-order valence-electron chi connectivity index (χ2n) is 5.79. The van der Waals surface area contributed by atoms with Crippen LogP contribution in [0.2, 0.25) is 0 Å². The van der Waals surface area contributed by atoms with Gasteiger partial charge in [-0.2, -0.15) is 0 Å². The highest BCUT2D eigenvalue weighted by Crippen LogP contribution is 2.29. The number of anilines is 2. The van der Waals surface area contributed by atoms with E-state index in [4.69, 9.17) is 11.5 Å². The molecule has 0 radical (unpaired) electrons. The highest BCUT2D eigenvalue weighted by molar-refractivity contribution is 5.66. The Balaban J connectivity index is 3.03. The van der Waals surface area contributed by atoms with Crippen LogP contribution in [0.3, 0.4) is 0 Å². The first kappa shape index (κ1) is 16.2. The molecule has 6 heteroatoms. The van der Waals surface area contributed by atoms with Gasteiger partial charge < -0.3 is 16.4 Å². The monoisotopic (exact) mass is 280 g/mol. The van der Waals surface area contributed by atoms with Crippen LogP contribution in [0.15, 0.2) is 18.2 Å². The number of rotatable bonds is 7. The molecule has 1 aromatic rings. The van der Waals surface area contributed by atoms with Gasteiger partial charge >= 0.3 is 0 Å². The number of benzene rings is 1. The molecule has 6 nitrogen and oxygen atoms in total. The van der Waals surface area contributed by atoms with Gasteiger partial charge in [0, 0.05) is 24.8 Å². The number of nitrogens with zero attached hydrogens (tertiary/aromatic N) is 2. The van der Waals surface area contributed by atoms with Gasteiger partial charge in [0.15, 0.2) is 0 Å². The smallest absolute Gasteiger partial charge is 0.292 e. The topological polar surface area (TPSA) is 98.4 Å². The molecule has 0 bridgehead atoms. The summed E-state index contributed by atoms with van der Waals surface area (Å²) in [6.07, 6.45) is 0.984. The van der Waals surface area contributed by atoms with Gasteiger partial charge in [-0.15, -0.1) is 0 Å². The largest absolute Gasteiger partial charge is 0.393 e. The minimum absolute atomic E-state index is 0.0221. The van der Waals surface area contributed by atoms with E-state index < -0.39 is 4.92 Å². The van der Waals surface area contributed by atoms with E-state index in [0.717, 1.165) is 25.2 Å². The highest BCUT2D eigenvalue weighted by atomic mass is 16.6. The Labute approximate surface area is 119 Å². The Morgan fingerprint density at radius 3 is 2.50 bits per heavy atom. The number of hydrogen-bond donors (Lipinski definition) is 2. The summed E-state index contributed by atoms with van der Waals surface area (Å²) < 4.78 is 0. The molecule has 0 unspecified atom stereocenters. The molecule has 0 aromatic heterocycles. The molecule has 20 heavy (non-hydrogen) atoms. The first-order valence-corrected chi connectivity index (χ1v) is 6.79. The van der Waals surface area contributed by atoms with Crippen molar-refractivity contribution in [2.45, 2.75) is 27.2 Å². The zero-order valence-corrected chi connectivity index (χ0v) is 12.4. The normalized spacial score (nSPS) is 11.4. The molecule has 0 fully saturated rings. The van der Waals surface area contributed by atoms with Gasteiger partial charge in [-0.05, 0) is 30.5 Å². The van der Waals surface area contributed by atoms with Gasteiger partial charge in [-0.25, -0.2) is 0 Å². The summed E-state index contributed by atoms with van der Waals surface area (Å²) >= 11 is 0. The fourth-order valence-electron chi connectivity index (χ4n) is 2.06. The molecule has 0 aliphatic heterocycles. The molecule has 0 saturated carbocycles. The lowest BCUT2D eigenvalue weighted by molar-refractivity contribution is -0.383.